The molecule has 3 aromatic rings. The summed E-state index contributed by atoms with van der Waals surface area (Å²) in [5.74, 6) is 0.534. The number of benzene rings is 2. The summed E-state index contributed by atoms with van der Waals surface area (Å²) >= 11 is 1.26. The van der Waals surface area contributed by atoms with Crippen LogP contribution < -0.4 is 20.1 Å². The molecular formula is C22H23N3O4S. The van der Waals surface area contributed by atoms with Crippen LogP contribution in [0.25, 0.3) is 0 Å². The van der Waals surface area contributed by atoms with E-state index in [1.54, 1.807) is 23.6 Å². The largest absolute Gasteiger partial charge is 0.497 e. The average molecular weight is 426 g/mol. The number of nitrogens with one attached hydrogen (secondary N) is 2. The fourth-order valence-electron chi connectivity index (χ4n) is 2.91. The highest BCUT2D eigenvalue weighted by Gasteiger charge is 2.14. The Kier molecular flexibility index (Phi) is 6.68. The Hall–Kier alpha value is -3.39. The number of carbonyl (C=O) groups is 2. The van der Waals surface area contributed by atoms with Crippen LogP contribution in [0.2, 0.25) is 0 Å². The molecule has 0 aliphatic rings. The van der Waals surface area contributed by atoms with E-state index in [0.29, 0.717) is 27.9 Å². The molecule has 0 spiro atoms. The number of aryl methyl sites for hydroxylation is 2. The van der Waals surface area contributed by atoms with Gasteiger partial charge in [-0.2, -0.15) is 0 Å². The Morgan fingerprint density at radius 2 is 1.63 bits per heavy atom. The Morgan fingerprint density at radius 1 is 1.00 bits per heavy atom. The van der Waals surface area contributed by atoms with Crippen LogP contribution in [0.1, 0.15) is 27.2 Å². The standard InChI is InChI=1S/C22H23N3O4S/c1-13-6-5-7-14(2)20(13)24-19(26)10-16-12-30-22(23-16)25-21(27)15-8-17(28-3)11-18(9-15)29-4/h5-9,11-12H,10H2,1-4H3,(H,24,26)(H,23,25,27). The molecule has 0 bridgehead atoms. The monoisotopic (exact) mass is 425 g/mol. The number of methoxy groups -OCH3 is 2. The maximum absolute atomic E-state index is 12.6. The molecule has 0 fully saturated rings. The molecule has 2 N–H and O–H groups in total. The first kappa shape index (κ1) is 21.3. The summed E-state index contributed by atoms with van der Waals surface area (Å²) in [4.78, 5) is 29.3. The summed E-state index contributed by atoms with van der Waals surface area (Å²) in [7, 11) is 3.04. The summed E-state index contributed by atoms with van der Waals surface area (Å²) in [6.45, 7) is 3.90. The Bertz CT molecular complexity index is 1040. The molecule has 2 amide bonds. The van der Waals surface area contributed by atoms with E-state index in [2.05, 4.69) is 15.6 Å². The van der Waals surface area contributed by atoms with E-state index in [0.717, 1.165) is 16.8 Å². The number of anilines is 2. The quantitative estimate of drug-likeness (QED) is 0.592. The lowest BCUT2D eigenvalue weighted by atomic mass is 10.1. The number of para-hydroxylation sites is 1. The van der Waals surface area contributed by atoms with Gasteiger partial charge in [0.2, 0.25) is 5.91 Å². The summed E-state index contributed by atoms with van der Waals surface area (Å²) in [6.07, 6.45) is 0.118. The highest BCUT2D eigenvalue weighted by atomic mass is 32.1. The Labute approximate surface area is 179 Å². The molecule has 0 saturated carbocycles. The zero-order chi connectivity index (χ0) is 21.7. The van der Waals surface area contributed by atoms with Crippen molar-refractivity contribution < 1.29 is 19.1 Å². The van der Waals surface area contributed by atoms with Crippen molar-refractivity contribution in [2.75, 3.05) is 24.9 Å². The molecule has 7 nitrogen and oxygen atoms in total. The first-order valence-corrected chi connectivity index (χ1v) is 10.1. The van der Waals surface area contributed by atoms with Gasteiger partial charge < -0.3 is 14.8 Å². The van der Waals surface area contributed by atoms with E-state index in [1.165, 1.54) is 25.6 Å². The Balaban J connectivity index is 1.65. The summed E-state index contributed by atoms with van der Waals surface area (Å²) in [6, 6.07) is 10.8. The topological polar surface area (TPSA) is 89.6 Å². The van der Waals surface area contributed by atoms with Crippen molar-refractivity contribution in [3.63, 3.8) is 0 Å². The lowest BCUT2D eigenvalue weighted by Crippen LogP contribution is -2.16. The molecule has 0 aliphatic heterocycles. The van der Waals surface area contributed by atoms with Crippen LogP contribution in [0, 0.1) is 13.8 Å². The third-order valence-corrected chi connectivity index (χ3v) is 5.28. The fourth-order valence-corrected chi connectivity index (χ4v) is 3.62. The second-order valence-corrected chi connectivity index (χ2v) is 7.55. The summed E-state index contributed by atoms with van der Waals surface area (Å²) in [5.41, 5.74) is 3.79. The number of nitrogens with zero attached hydrogens (tertiary/aromatic N) is 1. The number of hydrogen-bond acceptors (Lipinski definition) is 6. The molecule has 0 radical (unpaired) electrons. The molecule has 2 aromatic carbocycles. The first-order valence-electron chi connectivity index (χ1n) is 9.24. The van der Waals surface area contributed by atoms with Gasteiger partial charge in [0.25, 0.3) is 5.91 Å². The molecule has 30 heavy (non-hydrogen) atoms. The summed E-state index contributed by atoms with van der Waals surface area (Å²) in [5, 5.41) is 7.86. The minimum absolute atomic E-state index is 0.118. The van der Waals surface area contributed by atoms with Gasteiger partial charge in [-0.3, -0.25) is 14.9 Å². The van der Waals surface area contributed by atoms with Crippen molar-refractivity contribution in [3.05, 3.63) is 64.2 Å². The van der Waals surface area contributed by atoms with Crippen LogP contribution in [0.5, 0.6) is 11.5 Å². The van der Waals surface area contributed by atoms with Crippen LogP contribution in [0.4, 0.5) is 10.8 Å². The smallest absolute Gasteiger partial charge is 0.257 e. The van der Waals surface area contributed by atoms with Crippen molar-refractivity contribution in [1.29, 1.82) is 0 Å². The Morgan fingerprint density at radius 3 is 2.23 bits per heavy atom. The molecule has 1 heterocycles. The van der Waals surface area contributed by atoms with E-state index in [-0.39, 0.29) is 18.2 Å². The number of ether oxygens (including phenoxy) is 2. The molecule has 0 atom stereocenters. The average Bonchev–Trinajstić information content (AvgIpc) is 3.16. The second kappa shape index (κ2) is 9.41. The number of rotatable bonds is 7. The number of carbonyl (C=O) groups excluding carboxylic acids is 2. The van der Waals surface area contributed by atoms with Gasteiger partial charge in [-0.1, -0.05) is 18.2 Å². The minimum atomic E-state index is -0.340. The highest BCUT2D eigenvalue weighted by Crippen LogP contribution is 2.24. The van der Waals surface area contributed by atoms with Gasteiger partial charge in [0.1, 0.15) is 11.5 Å². The van der Waals surface area contributed by atoms with Gasteiger partial charge in [-0.25, -0.2) is 4.98 Å². The van der Waals surface area contributed by atoms with E-state index in [4.69, 9.17) is 9.47 Å². The number of aromatic nitrogens is 1. The highest BCUT2D eigenvalue weighted by molar-refractivity contribution is 7.14. The van der Waals surface area contributed by atoms with Crippen molar-refractivity contribution >= 4 is 34.0 Å². The van der Waals surface area contributed by atoms with E-state index < -0.39 is 0 Å². The molecule has 1 aromatic heterocycles. The zero-order valence-electron chi connectivity index (χ0n) is 17.2. The van der Waals surface area contributed by atoms with Gasteiger partial charge in [-0.15, -0.1) is 11.3 Å². The molecule has 8 heteroatoms. The van der Waals surface area contributed by atoms with Crippen LogP contribution in [0.3, 0.4) is 0 Å². The first-order chi connectivity index (χ1) is 14.4. The predicted octanol–water partition coefficient (Wildman–Crippen LogP) is 4.21. The third-order valence-electron chi connectivity index (χ3n) is 4.47. The minimum Gasteiger partial charge on any atom is -0.497 e. The van der Waals surface area contributed by atoms with Crippen LogP contribution in [-0.4, -0.2) is 31.0 Å². The predicted molar refractivity (Wildman–Crippen MR) is 118 cm³/mol. The fraction of sp³-hybridized carbons (Fsp3) is 0.227. The lowest BCUT2D eigenvalue weighted by molar-refractivity contribution is -0.115. The SMILES string of the molecule is COc1cc(OC)cc(C(=O)Nc2nc(CC(=O)Nc3c(C)cccc3C)cs2)c1. The molecule has 156 valence electrons. The number of amides is 2. The maximum atomic E-state index is 12.6. The molecule has 0 unspecified atom stereocenters. The van der Waals surface area contributed by atoms with Crippen molar-refractivity contribution in [3.8, 4) is 11.5 Å². The van der Waals surface area contributed by atoms with E-state index in [9.17, 15) is 9.59 Å². The molecule has 3 rings (SSSR count). The second-order valence-electron chi connectivity index (χ2n) is 6.69. The number of hydrogen-bond donors (Lipinski definition) is 2. The van der Waals surface area contributed by atoms with Crippen LogP contribution in [0.15, 0.2) is 41.8 Å². The lowest BCUT2D eigenvalue weighted by Gasteiger charge is -2.10. The molecule has 0 aliphatic carbocycles. The van der Waals surface area contributed by atoms with Crippen molar-refractivity contribution in [2.24, 2.45) is 0 Å². The van der Waals surface area contributed by atoms with Gasteiger partial charge >= 0.3 is 0 Å². The van der Waals surface area contributed by atoms with Gasteiger partial charge in [0, 0.05) is 22.7 Å². The zero-order valence-corrected chi connectivity index (χ0v) is 18.1. The maximum Gasteiger partial charge on any atom is 0.257 e. The third kappa shape index (κ3) is 5.15. The summed E-state index contributed by atoms with van der Waals surface area (Å²) < 4.78 is 10.4. The van der Waals surface area contributed by atoms with E-state index >= 15 is 0 Å². The molecular weight excluding hydrogens is 402 g/mol. The molecule has 0 saturated heterocycles. The van der Waals surface area contributed by atoms with E-state index in [1.807, 2.05) is 32.0 Å². The van der Waals surface area contributed by atoms with Crippen molar-refractivity contribution in [1.82, 2.24) is 4.98 Å². The van der Waals surface area contributed by atoms with Gasteiger partial charge in [-0.05, 0) is 37.1 Å². The van der Waals surface area contributed by atoms with Gasteiger partial charge in [0.05, 0.1) is 26.3 Å². The van der Waals surface area contributed by atoms with Crippen LogP contribution in [-0.2, 0) is 11.2 Å². The van der Waals surface area contributed by atoms with Crippen LogP contribution >= 0.6 is 11.3 Å². The number of thiazole rings is 1. The normalized spacial score (nSPS) is 10.4. The van der Waals surface area contributed by atoms with Crippen molar-refractivity contribution in [2.45, 2.75) is 20.3 Å². The van der Waals surface area contributed by atoms with Gasteiger partial charge in [0.15, 0.2) is 5.13 Å².